The highest BCUT2D eigenvalue weighted by Crippen LogP contribution is 2.28. The van der Waals surface area contributed by atoms with E-state index in [0.717, 1.165) is 15.8 Å². The van der Waals surface area contributed by atoms with Crippen molar-refractivity contribution < 1.29 is 9.18 Å². The minimum absolute atomic E-state index is 0.182. The van der Waals surface area contributed by atoms with Crippen molar-refractivity contribution in [1.29, 1.82) is 0 Å². The molecule has 8 heteroatoms. The lowest BCUT2D eigenvalue weighted by atomic mass is 10.2. The van der Waals surface area contributed by atoms with Gasteiger partial charge >= 0.3 is 0 Å². The molecule has 0 aliphatic rings. The number of benzene rings is 2. The van der Waals surface area contributed by atoms with E-state index in [1.807, 2.05) is 31.2 Å². The number of carbonyl (C=O) groups is 1. The molecule has 0 unspecified atom stereocenters. The maximum absolute atomic E-state index is 12.9. The van der Waals surface area contributed by atoms with E-state index in [4.69, 9.17) is 0 Å². The van der Waals surface area contributed by atoms with Gasteiger partial charge in [0.25, 0.3) is 0 Å². The number of aryl methyl sites for hydroxylation is 1. The Balaban J connectivity index is 1.59. The zero-order chi connectivity index (χ0) is 18.1. The number of hydrogen-bond acceptors (Lipinski definition) is 5. The Morgan fingerprint density at radius 3 is 2.62 bits per heavy atom. The van der Waals surface area contributed by atoms with E-state index in [1.54, 1.807) is 4.52 Å². The van der Waals surface area contributed by atoms with Gasteiger partial charge in [0.2, 0.25) is 5.91 Å². The van der Waals surface area contributed by atoms with Gasteiger partial charge in [0, 0.05) is 16.5 Å². The molecule has 2 aromatic carbocycles. The van der Waals surface area contributed by atoms with Gasteiger partial charge in [-0.05, 0) is 31.2 Å². The summed E-state index contributed by atoms with van der Waals surface area (Å²) < 4.78 is 14.6. The van der Waals surface area contributed by atoms with Crippen LogP contribution in [0.4, 0.5) is 10.1 Å². The number of thioether (sulfide) groups is 1. The lowest BCUT2D eigenvalue weighted by Crippen LogP contribution is -2.14. The molecule has 0 aliphatic carbocycles. The Labute approximate surface area is 152 Å². The fourth-order valence-electron chi connectivity index (χ4n) is 2.63. The van der Waals surface area contributed by atoms with Gasteiger partial charge < -0.3 is 5.32 Å². The predicted octanol–water partition coefficient (Wildman–Crippen LogP) is 3.46. The standard InChI is InChI=1S/C18H14FN5OS/c1-11-21-22-17-14-4-2-3-5-15(14)18(23-24(11)17)26-10-16(25)20-13-8-6-12(19)7-9-13/h2-9H,10H2,1H3,(H,20,25). The van der Waals surface area contributed by atoms with Crippen LogP contribution in [0.5, 0.6) is 0 Å². The van der Waals surface area contributed by atoms with E-state index in [1.165, 1.54) is 36.0 Å². The second-order valence-corrected chi connectivity index (χ2v) is 6.64. The zero-order valence-electron chi connectivity index (χ0n) is 13.8. The molecular formula is C18H14FN5OS. The number of nitrogens with one attached hydrogen (secondary N) is 1. The molecule has 26 heavy (non-hydrogen) atoms. The van der Waals surface area contributed by atoms with Gasteiger partial charge in [0.05, 0.1) is 5.75 Å². The van der Waals surface area contributed by atoms with E-state index < -0.39 is 0 Å². The van der Waals surface area contributed by atoms with Crippen LogP contribution in [0, 0.1) is 12.7 Å². The predicted molar refractivity (Wildman–Crippen MR) is 98.8 cm³/mol. The van der Waals surface area contributed by atoms with E-state index in [-0.39, 0.29) is 17.5 Å². The molecule has 4 aromatic rings. The average Bonchev–Trinajstić information content (AvgIpc) is 3.03. The number of anilines is 1. The van der Waals surface area contributed by atoms with Crippen LogP contribution in [0.3, 0.4) is 0 Å². The highest BCUT2D eigenvalue weighted by molar-refractivity contribution is 8.00. The van der Waals surface area contributed by atoms with Crippen LogP contribution in [-0.2, 0) is 4.79 Å². The molecule has 0 aliphatic heterocycles. The first-order chi connectivity index (χ1) is 12.6. The molecular weight excluding hydrogens is 353 g/mol. The number of hydrogen-bond donors (Lipinski definition) is 1. The van der Waals surface area contributed by atoms with Gasteiger partial charge in [-0.25, -0.2) is 4.39 Å². The average molecular weight is 367 g/mol. The molecule has 0 spiro atoms. The van der Waals surface area contributed by atoms with Crippen molar-refractivity contribution in [2.24, 2.45) is 0 Å². The van der Waals surface area contributed by atoms with Crippen molar-refractivity contribution in [2.75, 3.05) is 11.1 Å². The van der Waals surface area contributed by atoms with Gasteiger partial charge in [0.1, 0.15) is 10.8 Å². The van der Waals surface area contributed by atoms with Gasteiger partial charge in [0.15, 0.2) is 11.5 Å². The molecule has 1 N–H and O–H groups in total. The maximum atomic E-state index is 12.9. The Morgan fingerprint density at radius 1 is 1.12 bits per heavy atom. The van der Waals surface area contributed by atoms with Crippen molar-refractivity contribution in [3.8, 4) is 0 Å². The van der Waals surface area contributed by atoms with Crippen LogP contribution in [0.25, 0.3) is 16.4 Å². The number of halogens is 1. The Bertz CT molecular complexity index is 1110. The number of amides is 1. The smallest absolute Gasteiger partial charge is 0.234 e. The van der Waals surface area contributed by atoms with Gasteiger partial charge in [-0.1, -0.05) is 36.0 Å². The molecule has 0 saturated heterocycles. The van der Waals surface area contributed by atoms with Gasteiger partial charge in [-0.3, -0.25) is 4.79 Å². The number of nitrogens with zero attached hydrogens (tertiary/aromatic N) is 4. The van der Waals surface area contributed by atoms with E-state index >= 15 is 0 Å². The quantitative estimate of drug-likeness (QED) is 0.559. The van der Waals surface area contributed by atoms with E-state index in [9.17, 15) is 9.18 Å². The van der Waals surface area contributed by atoms with E-state index in [0.29, 0.717) is 17.2 Å². The number of carbonyl (C=O) groups excluding carboxylic acids is 1. The highest BCUT2D eigenvalue weighted by Gasteiger charge is 2.13. The second-order valence-electron chi connectivity index (χ2n) is 5.68. The first-order valence-corrected chi connectivity index (χ1v) is 8.89. The van der Waals surface area contributed by atoms with Gasteiger partial charge in [-0.15, -0.1) is 10.2 Å². The summed E-state index contributed by atoms with van der Waals surface area (Å²) in [7, 11) is 0. The molecule has 0 bridgehead atoms. The van der Waals surface area contributed by atoms with Gasteiger partial charge in [-0.2, -0.15) is 9.61 Å². The van der Waals surface area contributed by atoms with Crippen molar-refractivity contribution in [2.45, 2.75) is 11.9 Å². The minimum Gasteiger partial charge on any atom is -0.325 e. The topological polar surface area (TPSA) is 72.2 Å². The number of fused-ring (bicyclic) bond motifs is 3. The SMILES string of the molecule is Cc1nnc2c3ccccc3c(SCC(=O)Nc3ccc(F)cc3)nn12. The molecule has 6 nitrogen and oxygen atoms in total. The summed E-state index contributed by atoms with van der Waals surface area (Å²) >= 11 is 1.33. The molecule has 1 amide bonds. The molecule has 0 radical (unpaired) electrons. The monoisotopic (exact) mass is 367 g/mol. The van der Waals surface area contributed by atoms with Crippen molar-refractivity contribution in [1.82, 2.24) is 19.8 Å². The molecule has 4 rings (SSSR count). The van der Waals surface area contributed by atoms with Crippen molar-refractivity contribution >= 4 is 39.8 Å². The zero-order valence-corrected chi connectivity index (χ0v) is 14.6. The van der Waals surface area contributed by atoms with Crippen molar-refractivity contribution in [3.05, 3.63) is 60.2 Å². The summed E-state index contributed by atoms with van der Waals surface area (Å²) in [5.74, 6) is 0.336. The van der Waals surface area contributed by atoms with Crippen LogP contribution >= 0.6 is 11.8 Å². The van der Waals surface area contributed by atoms with Crippen LogP contribution in [-0.4, -0.2) is 31.5 Å². The summed E-state index contributed by atoms with van der Waals surface area (Å²) in [5, 5.41) is 18.2. The summed E-state index contributed by atoms with van der Waals surface area (Å²) in [6, 6.07) is 13.4. The molecule has 0 saturated carbocycles. The Morgan fingerprint density at radius 2 is 1.85 bits per heavy atom. The third-order valence-electron chi connectivity index (χ3n) is 3.85. The van der Waals surface area contributed by atoms with Crippen LogP contribution in [0.15, 0.2) is 53.6 Å². The number of aromatic nitrogens is 4. The Hall–Kier alpha value is -3.00. The van der Waals surface area contributed by atoms with Crippen LogP contribution in [0.1, 0.15) is 5.82 Å². The normalized spacial score (nSPS) is 11.2. The second kappa shape index (κ2) is 6.72. The summed E-state index contributed by atoms with van der Waals surface area (Å²) in [5.41, 5.74) is 1.25. The number of rotatable bonds is 4. The van der Waals surface area contributed by atoms with Crippen LogP contribution < -0.4 is 5.32 Å². The lowest BCUT2D eigenvalue weighted by molar-refractivity contribution is -0.113. The minimum atomic E-state index is -0.342. The summed E-state index contributed by atoms with van der Waals surface area (Å²) in [6.07, 6.45) is 0. The van der Waals surface area contributed by atoms with E-state index in [2.05, 4.69) is 20.6 Å². The fraction of sp³-hybridized carbons (Fsp3) is 0.111. The molecule has 130 valence electrons. The third kappa shape index (κ3) is 3.11. The highest BCUT2D eigenvalue weighted by atomic mass is 32.2. The molecule has 0 fully saturated rings. The largest absolute Gasteiger partial charge is 0.325 e. The van der Waals surface area contributed by atoms with Crippen molar-refractivity contribution in [3.63, 3.8) is 0 Å². The first kappa shape index (κ1) is 16.5. The molecule has 2 heterocycles. The maximum Gasteiger partial charge on any atom is 0.234 e. The summed E-state index contributed by atoms with van der Waals surface area (Å²) in [4.78, 5) is 12.2. The lowest BCUT2D eigenvalue weighted by Gasteiger charge is -2.08. The third-order valence-corrected chi connectivity index (χ3v) is 4.84. The Kier molecular flexibility index (Phi) is 4.26. The fourth-order valence-corrected chi connectivity index (χ4v) is 3.44. The molecule has 0 atom stereocenters. The molecule has 2 aromatic heterocycles. The summed E-state index contributed by atoms with van der Waals surface area (Å²) in [6.45, 7) is 1.83. The first-order valence-electron chi connectivity index (χ1n) is 7.91. The van der Waals surface area contributed by atoms with Crippen LogP contribution in [0.2, 0.25) is 0 Å².